The molecule has 128 valence electrons. The van der Waals surface area contributed by atoms with E-state index in [9.17, 15) is 13.2 Å². The van der Waals surface area contributed by atoms with Gasteiger partial charge >= 0.3 is 0 Å². The first-order valence-electron chi connectivity index (χ1n) is 7.57. The minimum Gasteiger partial charge on any atom is -0.366 e. The third-order valence-corrected chi connectivity index (χ3v) is 5.34. The van der Waals surface area contributed by atoms with E-state index in [-0.39, 0.29) is 10.5 Å². The number of nitrogens with zero attached hydrogens (tertiary/aromatic N) is 1. The molecular formula is C18H17N3O3S. The van der Waals surface area contributed by atoms with E-state index in [1.165, 1.54) is 6.07 Å². The highest BCUT2D eigenvalue weighted by Crippen LogP contribution is 2.26. The van der Waals surface area contributed by atoms with Gasteiger partial charge in [0, 0.05) is 17.1 Å². The summed E-state index contributed by atoms with van der Waals surface area (Å²) in [5.74, 6) is -0.610. The lowest BCUT2D eigenvalue weighted by molar-refractivity contribution is 0.0999. The number of aromatic nitrogens is 1. The Kier molecular flexibility index (Phi) is 4.18. The van der Waals surface area contributed by atoms with Gasteiger partial charge in [-0.25, -0.2) is 8.42 Å². The maximum Gasteiger partial charge on any atom is 0.264 e. The van der Waals surface area contributed by atoms with Crippen LogP contribution in [-0.2, 0) is 10.0 Å². The van der Waals surface area contributed by atoms with Crippen molar-refractivity contribution < 1.29 is 13.2 Å². The highest BCUT2D eigenvalue weighted by atomic mass is 32.2. The molecule has 2 aromatic carbocycles. The molecule has 7 heteroatoms. The molecule has 0 spiro atoms. The Bertz CT molecular complexity index is 1090. The van der Waals surface area contributed by atoms with Crippen LogP contribution < -0.4 is 10.5 Å². The fourth-order valence-electron chi connectivity index (χ4n) is 2.67. The van der Waals surface area contributed by atoms with Gasteiger partial charge in [0.05, 0.1) is 11.2 Å². The second-order valence-corrected chi connectivity index (χ2v) is 7.44. The van der Waals surface area contributed by atoms with E-state index in [2.05, 4.69) is 9.71 Å². The highest BCUT2D eigenvalue weighted by molar-refractivity contribution is 7.93. The summed E-state index contributed by atoms with van der Waals surface area (Å²) in [6.45, 7) is 3.53. The zero-order chi connectivity index (χ0) is 18.2. The molecule has 1 aromatic heterocycles. The van der Waals surface area contributed by atoms with Gasteiger partial charge in [-0.05, 0) is 49.2 Å². The number of nitrogens with two attached hydrogens (primary N) is 1. The number of pyridine rings is 1. The molecule has 0 fully saturated rings. The number of rotatable bonds is 4. The molecule has 3 aromatic rings. The third-order valence-electron chi connectivity index (χ3n) is 3.94. The minimum atomic E-state index is -3.88. The van der Waals surface area contributed by atoms with Crippen molar-refractivity contribution in [1.29, 1.82) is 0 Å². The number of fused-ring (bicyclic) bond motifs is 1. The Labute approximate surface area is 145 Å². The molecule has 0 atom stereocenters. The smallest absolute Gasteiger partial charge is 0.264 e. The van der Waals surface area contributed by atoms with E-state index in [4.69, 9.17) is 5.73 Å². The quantitative estimate of drug-likeness (QED) is 0.751. The fraction of sp³-hybridized carbons (Fsp3) is 0.111. The minimum absolute atomic E-state index is 0.0777. The van der Waals surface area contributed by atoms with E-state index in [1.54, 1.807) is 37.4 Å². The Morgan fingerprint density at radius 3 is 2.56 bits per heavy atom. The average Bonchev–Trinajstić information content (AvgIpc) is 2.55. The Balaban J connectivity index is 2.10. The van der Waals surface area contributed by atoms with E-state index in [0.717, 1.165) is 10.9 Å². The molecule has 3 rings (SSSR count). The number of carbonyl (C=O) groups excluding carboxylic acids is 1. The summed E-state index contributed by atoms with van der Waals surface area (Å²) >= 11 is 0. The molecule has 0 bridgehead atoms. The zero-order valence-electron chi connectivity index (χ0n) is 13.8. The number of hydrogen-bond donors (Lipinski definition) is 2. The van der Waals surface area contributed by atoms with Crippen molar-refractivity contribution in [3.8, 4) is 0 Å². The highest BCUT2D eigenvalue weighted by Gasteiger charge is 2.20. The largest absolute Gasteiger partial charge is 0.366 e. The van der Waals surface area contributed by atoms with Crippen molar-refractivity contribution in [1.82, 2.24) is 4.98 Å². The van der Waals surface area contributed by atoms with Crippen molar-refractivity contribution in [2.45, 2.75) is 18.7 Å². The third kappa shape index (κ3) is 3.18. The van der Waals surface area contributed by atoms with Crippen molar-refractivity contribution in [2.24, 2.45) is 5.73 Å². The van der Waals surface area contributed by atoms with E-state index in [0.29, 0.717) is 16.8 Å². The Hall–Kier alpha value is -2.93. The van der Waals surface area contributed by atoms with Crippen LogP contribution in [0.1, 0.15) is 21.5 Å². The number of nitrogens with one attached hydrogen (secondary N) is 1. The van der Waals surface area contributed by atoms with Gasteiger partial charge in [0.2, 0.25) is 5.91 Å². The summed E-state index contributed by atoms with van der Waals surface area (Å²) in [7, 11) is -3.88. The number of aryl methyl sites for hydroxylation is 1. The number of hydrogen-bond acceptors (Lipinski definition) is 4. The molecule has 0 radical (unpaired) electrons. The SMILES string of the molecule is Cc1cnc2c(S(=O)(=O)Nc3cccc(C(N)=O)c3C)cccc2c1. The van der Waals surface area contributed by atoms with Crippen molar-refractivity contribution in [3.63, 3.8) is 0 Å². The van der Waals surface area contributed by atoms with Gasteiger partial charge in [0.25, 0.3) is 10.0 Å². The van der Waals surface area contributed by atoms with Crippen LogP contribution in [0.2, 0.25) is 0 Å². The first kappa shape index (κ1) is 16.9. The molecule has 0 aliphatic heterocycles. The van der Waals surface area contributed by atoms with Crippen molar-refractivity contribution in [2.75, 3.05) is 4.72 Å². The first-order chi connectivity index (χ1) is 11.8. The topological polar surface area (TPSA) is 102 Å². The van der Waals surface area contributed by atoms with Crippen LogP contribution in [0.5, 0.6) is 0 Å². The van der Waals surface area contributed by atoms with E-state index < -0.39 is 15.9 Å². The maximum absolute atomic E-state index is 12.9. The number of sulfonamides is 1. The summed E-state index contributed by atoms with van der Waals surface area (Å²) in [6, 6.07) is 11.6. The summed E-state index contributed by atoms with van der Waals surface area (Å²) in [5, 5.41) is 0.741. The second kappa shape index (κ2) is 6.18. The number of primary amides is 1. The molecule has 0 unspecified atom stereocenters. The lowest BCUT2D eigenvalue weighted by atomic mass is 10.1. The van der Waals surface area contributed by atoms with Crippen molar-refractivity contribution in [3.05, 3.63) is 65.4 Å². The van der Waals surface area contributed by atoms with Crippen LogP contribution in [0, 0.1) is 13.8 Å². The van der Waals surface area contributed by atoms with Gasteiger partial charge in [-0.15, -0.1) is 0 Å². The van der Waals surface area contributed by atoms with Crippen LogP contribution in [0.15, 0.2) is 53.6 Å². The average molecular weight is 355 g/mol. The normalized spacial score (nSPS) is 11.4. The predicted octanol–water partition coefficient (Wildman–Crippen LogP) is 2.75. The Morgan fingerprint density at radius 2 is 1.84 bits per heavy atom. The fourth-order valence-corrected chi connectivity index (χ4v) is 3.98. The molecule has 0 saturated heterocycles. The monoisotopic (exact) mass is 355 g/mol. The standard InChI is InChI=1S/C18H17N3O3S/c1-11-9-13-5-3-8-16(17(13)20-10-11)25(23,24)21-15-7-4-6-14(12(15)2)18(19)22/h3-10,21H,1-2H3,(H2,19,22). The van der Waals surface area contributed by atoms with Gasteiger partial charge in [0.1, 0.15) is 4.90 Å². The summed E-state index contributed by atoms with van der Waals surface area (Å²) in [5.41, 5.74) is 7.71. The second-order valence-electron chi connectivity index (χ2n) is 5.79. The summed E-state index contributed by atoms with van der Waals surface area (Å²) < 4.78 is 28.3. The van der Waals surface area contributed by atoms with Gasteiger partial charge in [-0.3, -0.25) is 14.5 Å². The lowest BCUT2D eigenvalue weighted by Gasteiger charge is -2.13. The number of anilines is 1. The van der Waals surface area contributed by atoms with Crippen LogP contribution >= 0.6 is 0 Å². The van der Waals surface area contributed by atoms with E-state index in [1.807, 2.05) is 19.1 Å². The number of amides is 1. The molecule has 0 aliphatic carbocycles. The van der Waals surface area contributed by atoms with Crippen molar-refractivity contribution >= 4 is 32.5 Å². The molecule has 1 heterocycles. The van der Waals surface area contributed by atoms with Crippen LogP contribution in [0.3, 0.4) is 0 Å². The lowest BCUT2D eigenvalue weighted by Crippen LogP contribution is -2.17. The van der Waals surface area contributed by atoms with Gasteiger partial charge < -0.3 is 5.73 Å². The first-order valence-corrected chi connectivity index (χ1v) is 9.05. The molecule has 0 aliphatic rings. The maximum atomic E-state index is 12.9. The summed E-state index contributed by atoms with van der Waals surface area (Å²) in [4.78, 5) is 15.8. The van der Waals surface area contributed by atoms with Gasteiger partial charge in [0.15, 0.2) is 0 Å². The van der Waals surface area contributed by atoms with Crippen LogP contribution in [-0.4, -0.2) is 19.3 Å². The number of benzene rings is 2. The van der Waals surface area contributed by atoms with Gasteiger partial charge in [-0.1, -0.05) is 18.2 Å². The molecule has 3 N–H and O–H groups in total. The molecule has 6 nitrogen and oxygen atoms in total. The van der Waals surface area contributed by atoms with Crippen LogP contribution in [0.4, 0.5) is 5.69 Å². The molecule has 0 saturated carbocycles. The number of carbonyl (C=O) groups is 1. The summed E-state index contributed by atoms with van der Waals surface area (Å²) in [6.07, 6.45) is 1.63. The zero-order valence-corrected chi connectivity index (χ0v) is 14.6. The molecular weight excluding hydrogens is 338 g/mol. The van der Waals surface area contributed by atoms with E-state index >= 15 is 0 Å². The number of para-hydroxylation sites is 1. The Morgan fingerprint density at radius 1 is 1.12 bits per heavy atom. The van der Waals surface area contributed by atoms with Crippen LogP contribution in [0.25, 0.3) is 10.9 Å². The predicted molar refractivity (Wildman–Crippen MR) is 97.0 cm³/mol. The van der Waals surface area contributed by atoms with Gasteiger partial charge in [-0.2, -0.15) is 0 Å². The molecule has 1 amide bonds. The molecule has 25 heavy (non-hydrogen) atoms.